The van der Waals surface area contributed by atoms with Crippen molar-refractivity contribution < 1.29 is 8.83 Å². The summed E-state index contributed by atoms with van der Waals surface area (Å²) < 4.78 is 15.3. The fourth-order valence-corrected chi connectivity index (χ4v) is 15.8. The summed E-state index contributed by atoms with van der Waals surface area (Å²) in [6, 6.07) is 134. The molecule has 0 radical (unpaired) electrons. The van der Waals surface area contributed by atoms with Gasteiger partial charge in [0.1, 0.15) is 16.7 Å². The van der Waals surface area contributed by atoms with Crippen molar-refractivity contribution in [3.63, 3.8) is 0 Å². The third kappa shape index (κ3) is 13.1. The van der Waals surface area contributed by atoms with Gasteiger partial charge in [0.2, 0.25) is 0 Å². The topological polar surface area (TPSA) is 109 Å². The number of para-hydroxylation sites is 2. The Balaban J connectivity index is 0.000000122. The van der Waals surface area contributed by atoms with Gasteiger partial charge in [-0.1, -0.05) is 333 Å². The number of hydrogen-bond acceptors (Lipinski definition) is 8. The van der Waals surface area contributed by atoms with Gasteiger partial charge in [-0.3, -0.25) is 0 Å². The highest BCUT2D eigenvalue weighted by atomic mass is 35.5. The van der Waals surface area contributed by atoms with Crippen molar-refractivity contribution in [2.45, 2.75) is 6.42 Å². The number of furan rings is 2. The number of nitrogens with zero attached hydrogens (tertiary/aromatic N) is 7. The molecule has 0 aliphatic heterocycles. The normalized spacial score (nSPS) is 11.5. The Morgan fingerprint density at radius 1 is 0.239 bits per heavy atom. The zero-order chi connectivity index (χ0) is 75.1. The van der Waals surface area contributed by atoms with E-state index in [0.29, 0.717) is 40.0 Å². The maximum absolute atomic E-state index is 6.70. The Morgan fingerprint density at radius 3 is 1.12 bits per heavy atom. The summed E-state index contributed by atoms with van der Waals surface area (Å²) in [6.07, 6.45) is 0.941. The highest BCUT2D eigenvalue weighted by Crippen LogP contribution is 2.46. The van der Waals surface area contributed by atoms with Gasteiger partial charge in [-0.2, -0.15) is 0 Å². The highest BCUT2D eigenvalue weighted by molar-refractivity contribution is 6.30. The molecule has 5 heterocycles. The molecule has 22 rings (SSSR count). The molecular formula is C103H66ClN7O2. The van der Waals surface area contributed by atoms with Gasteiger partial charge >= 0.3 is 0 Å². The van der Waals surface area contributed by atoms with Crippen molar-refractivity contribution in [3.05, 3.63) is 404 Å². The van der Waals surface area contributed by atoms with Crippen LogP contribution in [0.25, 0.3) is 195 Å². The van der Waals surface area contributed by atoms with E-state index >= 15 is 0 Å². The first-order valence-corrected chi connectivity index (χ1v) is 38.1. The fraction of sp³-hybridized carbons (Fsp3) is 0.00971. The van der Waals surface area contributed by atoms with Crippen molar-refractivity contribution >= 4 is 77.3 Å². The summed E-state index contributed by atoms with van der Waals surface area (Å²) in [4.78, 5) is 29.5. The van der Waals surface area contributed by atoms with Crippen molar-refractivity contribution in [2.24, 2.45) is 0 Å². The molecule has 0 unspecified atom stereocenters. The second-order valence-corrected chi connectivity index (χ2v) is 28.6. The molecule has 1 aliphatic carbocycles. The summed E-state index contributed by atoms with van der Waals surface area (Å²) in [5.41, 5.74) is 27.1. The maximum atomic E-state index is 6.70. The van der Waals surface area contributed by atoms with Crippen molar-refractivity contribution in [2.75, 3.05) is 0 Å². The molecule has 113 heavy (non-hydrogen) atoms. The van der Waals surface area contributed by atoms with E-state index in [1.807, 2.05) is 140 Å². The SMILES string of the molecule is Clc1cccc(-c2nc(-c3ccccc3)nc(-c3ccc(-c4ccccc4)cc3)n2)c1.c1ccc(-c2ccc(-c3nc(-c4ccccc4)nc(-c4cccc(-n5c6ccc(-c7ccccc7)cc6c6ccc7c8ccccc8oc7c65)c4)n3)cc2)cc1.c1ccc(-c2ccc3c(c2)-c2ccc4c(oc5ccccc54)c2C3)cc1. The van der Waals surface area contributed by atoms with Crippen LogP contribution in [-0.2, 0) is 6.42 Å². The van der Waals surface area contributed by atoms with Crippen LogP contribution in [0.2, 0.25) is 5.02 Å². The van der Waals surface area contributed by atoms with Crippen LogP contribution in [-0.4, -0.2) is 34.5 Å². The lowest BCUT2D eigenvalue weighted by Gasteiger charge is -2.12. The lowest BCUT2D eigenvalue weighted by molar-refractivity contribution is 0.665. The molecule has 0 bridgehead atoms. The Morgan fingerprint density at radius 2 is 0.602 bits per heavy atom. The van der Waals surface area contributed by atoms with E-state index in [1.165, 1.54) is 66.4 Å². The van der Waals surface area contributed by atoms with Gasteiger partial charge in [-0.15, -0.1) is 0 Å². The number of fused-ring (bicyclic) bond motifs is 14. The van der Waals surface area contributed by atoms with Crippen LogP contribution in [0.15, 0.2) is 397 Å². The first kappa shape index (κ1) is 67.6. The average molecular weight is 1470 g/mol. The molecule has 0 atom stereocenters. The monoisotopic (exact) mass is 1470 g/mol. The first-order valence-electron chi connectivity index (χ1n) is 37.8. The summed E-state index contributed by atoms with van der Waals surface area (Å²) in [5.74, 6) is 3.70. The van der Waals surface area contributed by atoms with Gasteiger partial charge in [0.15, 0.2) is 40.5 Å². The fourth-order valence-electron chi connectivity index (χ4n) is 15.6. The lowest BCUT2D eigenvalue weighted by Crippen LogP contribution is -2.01. The quantitative estimate of drug-likeness (QED) is 0.126. The molecule has 0 saturated heterocycles. The van der Waals surface area contributed by atoms with Crippen molar-refractivity contribution in [3.8, 4) is 130 Å². The van der Waals surface area contributed by atoms with E-state index in [4.69, 9.17) is 50.3 Å². The van der Waals surface area contributed by atoms with Gasteiger partial charge < -0.3 is 13.4 Å². The van der Waals surface area contributed by atoms with E-state index in [1.54, 1.807) is 0 Å². The minimum Gasteiger partial charge on any atom is -0.456 e. The second kappa shape index (κ2) is 29.3. The maximum Gasteiger partial charge on any atom is 0.164 e. The van der Waals surface area contributed by atoms with E-state index in [9.17, 15) is 0 Å². The molecular weight excluding hydrogens is 1400 g/mol. The van der Waals surface area contributed by atoms with Crippen LogP contribution >= 0.6 is 11.6 Å². The number of hydrogen-bond donors (Lipinski definition) is 0. The molecule has 532 valence electrons. The van der Waals surface area contributed by atoms with E-state index < -0.39 is 0 Å². The summed E-state index contributed by atoms with van der Waals surface area (Å²) >= 11 is 6.21. The Hall–Kier alpha value is -14.8. The predicted molar refractivity (Wildman–Crippen MR) is 463 cm³/mol. The smallest absolute Gasteiger partial charge is 0.164 e. The van der Waals surface area contributed by atoms with Gasteiger partial charge in [0.25, 0.3) is 0 Å². The largest absolute Gasteiger partial charge is 0.456 e. The molecule has 9 nitrogen and oxygen atoms in total. The van der Waals surface area contributed by atoms with E-state index in [-0.39, 0.29) is 0 Å². The molecule has 0 N–H and O–H groups in total. The van der Waals surface area contributed by atoms with Crippen LogP contribution in [0.5, 0.6) is 0 Å². The first-order chi connectivity index (χ1) is 55.9. The highest BCUT2D eigenvalue weighted by Gasteiger charge is 2.26. The minimum atomic E-state index is 0.596. The Bertz CT molecular complexity index is 7120. The molecule has 10 heteroatoms. The third-order valence-corrected chi connectivity index (χ3v) is 21.4. The molecule has 16 aromatic carbocycles. The summed E-state index contributed by atoms with van der Waals surface area (Å²) in [5, 5.41) is 7.53. The second-order valence-electron chi connectivity index (χ2n) is 28.1. The lowest BCUT2D eigenvalue weighted by atomic mass is 9.98. The molecule has 0 spiro atoms. The van der Waals surface area contributed by atoms with E-state index in [0.717, 1.165) is 112 Å². The standard InChI is InChI=1S/C51H32N4O.C27H18ClN3.C25H16O/c1-4-13-33(14-5-1)35-23-25-37(26-24-35)50-52-49(36-17-8-3-9-18-36)53-51(54-50)39-19-12-20-40(31-39)55-45-30-27-38(34-15-6-2-7-16-34)32-44(45)42-28-29-43-41-21-10-11-22-46(41)56-48(43)47(42)55;28-24-13-7-12-23(18-24)27-30-25(21-10-5-2-6-11-21)29-26(31-27)22-16-14-20(15-17-22)19-8-3-1-4-9-19;1-2-6-16(7-3-1)17-10-11-18-15-23-19(22(18)14-17)12-13-21-20-8-4-5-9-24(20)26-25(21)23/h1-32H;1-18H;1-14H,15H2. The number of rotatable bonds is 11. The molecule has 0 fully saturated rings. The van der Waals surface area contributed by atoms with Crippen LogP contribution in [0, 0.1) is 0 Å². The molecule has 21 aromatic rings. The van der Waals surface area contributed by atoms with Crippen LogP contribution in [0.1, 0.15) is 11.1 Å². The number of benzene rings is 16. The number of aromatic nitrogens is 7. The predicted octanol–water partition coefficient (Wildman–Crippen LogP) is 27.2. The van der Waals surface area contributed by atoms with Gasteiger partial charge in [-0.05, 0) is 128 Å². The zero-order valence-electron chi connectivity index (χ0n) is 61.0. The number of halogens is 1. The van der Waals surface area contributed by atoms with E-state index in [2.05, 4.69) is 253 Å². The molecule has 0 saturated carbocycles. The Kier molecular flexibility index (Phi) is 17.5. The van der Waals surface area contributed by atoms with Crippen molar-refractivity contribution in [1.29, 1.82) is 0 Å². The summed E-state index contributed by atoms with van der Waals surface area (Å²) in [7, 11) is 0. The zero-order valence-corrected chi connectivity index (χ0v) is 61.7. The van der Waals surface area contributed by atoms with Crippen LogP contribution in [0.4, 0.5) is 0 Å². The summed E-state index contributed by atoms with van der Waals surface area (Å²) in [6.45, 7) is 0. The molecule has 0 amide bonds. The average Bonchev–Trinajstić information content (AvgIpc) is 1.58. The minimum absolute atomic E-state index is 0.596. The van der Waals surface area contributed by atoms with Crippen LogP contribution in [0.3, 0.4) is 0 Å². The molecule has 5 aromatic heterocycles. The Labute approximate surface area is 656 Å². The van der Waals surface area contributed by atoms with Gasteiger partial charge in [0.05, 0.1) is 11.0 Å². The van der Waals surface area contributed by atoms with Crippen LogP contribution < -0.4 is 0 Å². The van der Waals surface area contributed by atoms with Crippen molar-refractivity contribution in [1.82, 2.24) is 34.5 Å². The third-order valence-electron chi connectivity index (χ3n) is 21.2. The molecule has 1 aliphatic rings. The van der Waals surface area contributed by atoms with Gasteiger partial charge in [0, 0.05) is 88.4 Å². The van der Waals surface area contributed by atoms with Gasteiger partial charge in [-0.25, -0.2) is 29.9 Å².